The predicted molar refractivity (Wildman–Crippen MR) is 97.1 cm³/mol. The highest BCUT2D eigenvalue weighted by molar-refractivity contribution is 7.19. The number of fused-ring (bicyclic) bond motifs is 1. The summed E-state index contributed by atoms with van der Waals surface area (Å²) in [6, 6.07) is 18.3. The molecule has 5 rings (SSSR count). The summed E-state index contributed by atoms with van der Waals surface area (Å²) < 4.78 is 15.6. The fraction of sp³-hybridized carbons (Fsp3) is 0. The van der Waals surface area contributed by atoms with Crippen LogP contribution >= 0.6 is 11.3 Å². The molecule has 5 aromatic rings. The first-order valence-electron chi connectivity index (χ1n) is 7.88. The molecule has 0 atom stereocenters. The summed E-state index contributed by atoms with van der Waals surface area (Å²) in [6.07, 6.45) is 0. The highest BCUT2D eigenvalue weighted by atomic mass is 32.1. The van der Waals surface area contributed by atoms with Crippen LogP contribution in [0.1, 0.15) is 0 Å². The first-order valence-corrected chi connectivity index (χ1v) is 8.69. The monoisotopic (exact) mass is 362 g/mol. The van der Waals surface area contributed by atoms with E-state index >= 15 is 0 Å². The van der Waals surface area contributed by atoms with Gasteiger partial charge in [0.05, 0.1) is 17.0 Å². The van der Waals surface area contributed by atoms with Gasteiger partial charge in [-0.15, -0.1) is 10.2 Å². The van der Waals surface area contributed by atoms with E-state index in [1.54, 1.807) is 22.7 Å². The molecule has 26 heavy (non-hydrogen) atoms. The van der Waals surface area contributed by atoms with E-state index in [2.05, 4.69) is 25.5 Å². The summed E-state index contributed by atoms with van der Waals surface area (Å²) in [5.41, 5.74) is 3.00. The van der Waals surface area contributed by atoms with Crippen molar-refractivity contribution in [2.24, 2.45) is 0 Å². The molecule has 0 radical (unpaired) electrons. The van der Waals surface area contributed by atoms with Crippen molar-refractivity contribution in [1.29, 1.82) is 0 Å². The minimum absolute atomic E-state index is 0.357. The van der Waals surface area contributed by atoms with Crippen LogP contribution in [-0.2, 0) is 0 Å². The van der Waals surface area contributed by atoms with Gasteiger partial charge in [-0.3, -0.25) is 5.10 Å². The molecule has 0 amide bonds. The van der Waals surface area contributed by atoms with Crippen molar-refractivity contribution in [3.05, 3.63) is 66.5 Å². The van der Waals surface area contributed by atoms with Crippen molar-refractivity contribution in [1.82, 2.24) is 30.0 Å². The van der Waals surface area contributed by atoms with E-state index in [9.17, 15) is 4.39 Å². The molecule has 0 bridgehead atoms. The Hall–Kier alpha value is -3.39. The van der Waals surface area contributed by atoms with Crippen LogP contribution in [0, 0.1) is 5.82 Å². The zero-order valence-corrected chi connectivity index (χ0v) is 14.1. The first-order chi connectivity index (χ1) is 12.8. The summed E-state index contributed by atoms with van der Waals surface area (Å²) in [7, 11) is 0. The third-order valence-electron chi connectivity index (χ3n) is 3.98. The van der Waals surface area contributed by atoms with Crippen molar-refractivity contribution in [3.8, 4) is 33.3 Å². The number of hydrogen-bond donors (Lipinski definition) is 1. The topological polar surface area (TPSA) is 71.8 Å². The maximum atomic E-state index is 14.1. The fourth-order valence-electron chi connectivity index (χ4n) is 2.72. The Morgan fingerprint density at radius 3 is 2.62 bits per heavy atom. The number of halogens is 1. The number of nitrogens with one attached hydrogen (secondary N) is 1. The van der Waals surface area contributed by atoms with Gasteiger partial charge in [0.25, 0.3) is 0 Å². The van der Waals surface area contributed by atoms with Crippen LogP contribution in [0.15, 0.2) is 60.7 Å². The van der Waals surface area contributed by atoms with Crippen molar-refractivity contribution in [3.63, 3.8) is 0 Å². The molecular formula is C18H11FN6S. The number of rotatable bonds is 3. The van der Waals surface area contributed by atoms with Crippen molar-refractivity contribution >= 4 is 16.3 Å². The highest BCUT2D eigenvalue weighted by Gasteiger charge is 2.18. The number of hydrogen-bond acceptors (Lipinski definition) is 5. The molecule has 0 aliphatic rings. The summed E-state index contributed by atoms with van der Waals surface area (Å²) in [4.78, 5) is 0.592. The average Bonchev–Trinajstić information content (AvgIpc) is 3.38. The van der Waals surface area contributed by atoms with Gasteiger partial charge in [0.2, 0.25) is 4.96 Å². The molecule has 3 aromatic heterocycles. The lowest BCUT2D eigenvalue weighted by Gasteiger charge is -1.98. The third-order valence-corrected chi connectivity index (χ3v) is 4.92. The molecule has 0 unspecified atom stereocenters. The van der Waals surface area contributed by atoms with Crippen molar-refractivity contribution in [2.45, 2.75) is 0 Å². The van der Waals surface area contributed by atoms with Crippen LogP contribution < -0.4 is 0 Å². The molecule has 8 heteroatoms. The molecule has 126 valence electrons. The summed E-state index contributed by atoms with van der Waals surface area (Å²) >= 11 is 1.36. The number of aromatic nitrogens is 6. The van der Waals surface area contributed by atoms with Crippen LogP contribution in [0.4, 0.5) is 4.39 Å². The Balaban J connectivity index is 1.58. The molecule has 2 aromatic carbocycles. The van der Waals surface area contributed by atoms with E-state index in [1.807, 2.05) is 36.4 Å². The quantitative estimate of drug-likeness (QED) is 0.526. The van der Waals surface area contributed by atoms with Gasteiger partial charge in [-0.05, 0) is 18.2 Å². The zero-order chi connectivity index (χ0) is 17.5. The van der Waals surface area contributed by atoms with Crippen LogP contribution in [0.3, 0.4) is 0 Å². The SMILES string of the molecule is Fc1ccccc1-c1nnc2sc(-c3cc(-c4ccccc4)n[nH]3)nn12. The van der Waals surface area contributed by atoms with Crippen molar-refractivity contribution < 1.29 is 4.39 Å². The maximum Gasteiger partial charge on any atom is 0.235 e. The second kappa shape index (κ2) is 5.85. The lowest BCUT2D eigenvalue weighted by Crippen LogP contribution is -1.93. The molecule has 0 fully saturated rings. The molecule has 0 saturated carbocycles. The van der Waals surface area contributed by atoms with E-state index in [4.69, 9.17) is 0 Å². The van der Waals surface area contributed by atoms with Crippen molar-refractivity contribution in [2.75, 3.05) is 0 Å². The Kier molecular flexibility index (Phi) is 3.36. The first kappa shape index (κ1) is 14.9. The lowest BCUT2D eigenvalue weighted by molar-refractivity contribution is 0.629. The van der Waals surface area contributed by atoms with E-state index in [0.29, 0.717) is 21.4 Å². The number of aromatic amines is 1. The van der Waals surface area contributed by atoms with Crippen LogP contribution in [0.5, 0.6) is 0 Å². The van der Waals surface area contributed by atoms with Crippen LogP contribution in [0.25, 0.3) is 38.3 Å². The maximum absolute atomic E-state index is 14.1. The summed E-state index contributed by atoms with van der Waals surface area (Å²) in [5.74, 6) is 0.0210. The minimum atomic E-state index is -0.357. The van der Waals surface area contributed by atoms with Gasteiger partial charge in [0.15, 0.2) is 10.8 Å². The largest absolute Gasteiger partial charge is 0.275 e. The second-order valence-electron chi connectivity index (χ2n) is 5.64. The zero-order valence-electron chi connectivity index (χ0n) is 13.3. The molecule has 1 N–H and O–H groups in total. The summed E-state index contributed by atoms with van der Waals surface area (Å²) in [6.45, 7) is 0. The Morgan fingerprint density at radius 2 is 1.77 bits per heavy atom. The molecular weight excluding hydrogens is 351 g/mol. The molecule has 0 aliphatic heterocycles. The Bertz CT molecular complexity index is 1210. The fourth-order valence-corrected chi connectivity index (χ4v) is 3.53. The van der Waals surface area contributed by atoms with Gasteiger partial charge < -0.3 is 0 Å². The van der Waals surface area contributed by atoms with Crippen LogP contribution in [-0.4, -0.2) is 30.0 Å². The van der Waals surface area contributed by atoms with Gasteiger partial charge in [0, 0.05) is 5.56 Å². The van der Waals surface area contributed by atoms with Gasteiger partial charge in [-0.25, -0.2) is 4.39 Å². The van der Waals surface area contributed by atoms with E-state index in [0.717, 1.165) is 17.0 Å². The lowest BCUT2D eigenvalue weighted by atomic mass is 10.1. The molecule has 3 heterocycles. The van der Waals surface area contributed by atoms with Gasteiger partial charge in [-0.1, -0.05) is 53.8 Å². The molecule has 0 saturated heterocycles. The number of nitrogens with zero attached hydrogens (tertiary/aromatic N) is 5. The highest BCUT2D eigenvalue weighted by Crippen LogP contribution is 2.29. The van der Waals surface area contributed by atoms with E-state index in [-0.39, 0.29) is 5.82 Å². The Morgan fingerprint density at radius 1 is 0.962 bits per heavy atom. The number of benzene rings is 2. The van der Waals surface area contributed by atoms with Gasteiger partial charge >= 0.3 is 0 Å². The second-order valence-corrected chi connectivity index (χ2v) is 6.59. The smallest absolute Gasteiger partial charge is 0.235 e. The van der Waals surface area contributed by atoms with E-state index < -0.39 is 0 Å². The number of H-pyrrole nitrogens is 1. The van der Waals surface area contributed by atoms with Crippen LogP contribution in [0.2, 0.25) is 0 Å². The Labute approximate surface area is 151 Å². The minimum Gasteiger partial charge on any atom is -0.275 e. The van der Waals surface area contributed by atoms with Gasteiger partial charge in [0.1, 0.15) is 5.82 Å². The normalized spacial score (nSPS) is 11.3. The average molecular weight is 362 g/mol. The third kappa shape index (κ3) is 2.39. The predicted octanol–water partition coefficient (Wildman–Crippen LogP) is 4.05. The molecule has 0 spiro atoms. The van der Waals surface area contributed by atoms with Gasteiger partial charge in [-0.2, -0.15) is 14.7 Å². The molecule has 0 aliphatic carbocycles. The molecule has 6 nitrogen and oxygen atoms in total. The standard InChI is InChI=1S/C18H11FN6S/c19-13-9-5-4-8-12(13)16-22-23-18-25(16)24-17(26-18)15-10-14(20-21-15)11-6-2-1-3-7-11/h1-10H,(H,20,21). The summed E-state index contributed by atoms with van der Waals surface area (Å²) in [5, 5.41) is 20.8. The van der Waals surface area contributed by atoms with E-state index in [1.165, 1.54) is 17.4 Å².